The topological polar surface area (TPSA) is 61.3 Å². The number of hydrogen-bond donors (Lipinski definition) is 0. The van der Waals surface area contributed by atoms with Crippen LogP contribution in [0.2, 0.25) is 0 Å². The fourth-order valence-corrected chi connectivity index (χ4v) is 1.47. The van der Waals surface area contributed by atoms with E-state index in [1.807, 2.05) is 0 Å². The van der Waals surface area contributed by atoms with Gasteiger partial charge in [0.2, 0.25) is 6.79 Å². The molecule has 3 rings (SSSR count). The van der Waals surface area contributed by atoms with Crippen LogP contribution in [0.25, 0.3) is 11.0 Å². The largest absolute Gasteiger partial charge is 0.454 e. The number of aldehydes is 1. The van der Waals surface area contributed by atoms with E-state index in [1.165, 1.54) is 6.20 Å². The highest BCUT2D eigenvalue weighted by atomic mass is 16.7. The summed E-state index contributed by atoms with van der Waals surface area (Å²) in [5.74, 6) is 1.30. The molecule has 15 heavy (non-hydrogen) atoms. The number of aromatic nitrogens is 2. The molecule has 0 bridgehead atoms. The van der Waals surface area contributed by atoms with Crippen molar-refractivity contribution in [1.82, 2.24) is 9.97 Å². The van der Waals surface area contributed by atoms with Crippen LogP contribution in [0.4, 0.5) is 0 Å². The van der Waals surface area contributed by atoms with E-state index in [0.29, 0.717) is 34.5 Å². The molecule has 0 radical (unpaired) electrons. The van der Waals surface area contributed by atoms with E-state index in [1.54, 1.807) is 12.1 Å². The maximum absolute atomic E-state index is 10.5. The molecule has 1 aliphatic heterocycles. The van der Waals surface area contributed by atoms with Crippen LogP contribution >= 0.6 is 0 Å². The highest BCUT2D eigenvalue weighted by molar-refractivity contribution is 5.82. The monoisotopic (exact) mass is 202 g/mol. The first kappa shape index (κ1) is 8.16. The molecule has 0 unspecified atom stereocenters. The van der Waals surface area contributed by atoms with E-state index in [9.17, 15) is 4.79 Å². The van der Waals surface area contributed by atoms with Crippen LogP contribution in [0.5, 0.6) is 11.5 Å². The summed E-state index contributed by atoms with van der Waals surface area (Å²) in [6.45, 7) is 0.214. The third-order valence-corrected chi connectivity index (χ3v) is 2.18. The van der Waals surface area contributed by atoms with Crippen LogP contribution in [0.15, 0.2) is 18.3 Å². The molecule has 5 nitrogen and oxygen atoms in total. The predicted molar refractivity (Wildman–Crippen MR) is 51.0 cm³/mol. The average molecular weight is 202 g/mol. The molecular formula is C10H6N2O3. The van der Waals surface area contributed by atoms with Crippen molar-refractivity contribution in [1.29, 1.82) is 0 Å². The van der Waals surface area contributed by atoms with Gasteiger partial charge < -0.3 is 9.47 Å². The van der Waals surface area contributed by atoms with Gasteiger partial charge in [0.25, 0.3) is 0 Å². The molecule has 0 saturated heterocycles. The minimum atomic E-state index is 0.214. The Morgan fingerprint density at radius 2 is 1.93 bits per heavy atom. The summed E-state index contributed by atoms with van der Waals surface area (Å²) in [6, 6.07) is 3.47. The molecule has 5 heteroatoms. The first-order valence-corrected chi connectivity index (χ1v) is 4.38. The van der Waals surface area contributed by atoms with Gasteiger partial charge in [0, 0.05) is 12.1 Å². The second-order valence-corrected chi connectivity index (χ2v) is 3.11. The predicted octanol–water partition coefficient (Wildman–Crippen LogP) is 1.17. The second kappa shape index (κ2) is 2.91. The van der Waals surface area contributed by atoms with Gasteiger partial charge in [-0.05, 0) is 0 Å². The van der Waals surface area contributed by atoms with Gasteiger partial charge >= 0.3 is 0 Å². The number of nitrogens with zero attached hydrogens (tertiary/aromatic N) is 2. The van der Waals surface area contributed by atoms with Crippen molar-refractivity contribution in [2.24, 2.45) is 0 Å². The number of hydrogen-bond acceptors (Lipinski definition) is 5. The number of carbonyl (C=O) groups excluding carboxylic acids is 1. The van der Waals surface area contributed by atoms with Crippen LogP contribution in [0, 0.1) is 0 Å². The van der Waals surface area contributed by atoms with E-state index in [2.05, 4.69) is 9.97 Å². The van der Waals surface area contributed by atoms with Gasteiger partial charge in [-0.25, -0.2) is 4.98 Å². The molecule has 1 aromatic carbocycles. The van der Waals surface area contributed by atoms with Crippen LogP contribution < -0.4 is 9.47 Å². The van der Waals surface area contributed by atoms with E-state index >= 15 is 0 Å². The minimum Gasteiger partial charge on any atom is -0.454 e. The van der Waals surface area contributed by atoms with Gasteiger partial charge in [-0.2, -0.15) is 0 Å². The van der Waals surface area contributed by atoms with Gasteiger partial charge in [0.15, 0.2) is 17.8 Å². The summed E-state index contributed by atoms with van der Waals surface area (Å²) in [5.41, 5.74) is 1.62. The van der Waals surface area contributed by atoms with E-state index in [4.69, 9.17) is 9.47 Å². The Kier molecular flexibility index (Phi) is 1.58. The number of ether oxygens (including phenoxy) is 2. The van der Waals surface area contributed by atoms with Crippen LogP contribution in [-0.2, 0) is 0 Å². The third kappa shape index (κ3) is 1.20. The number of benzene rings is 1. The SMILES string of the molecule is O=Cc1cnc2cc3c(cc2n1)OCO3. The molecule has 2 aromatic rings. The van der Waals surface area contributed by atoms with E-state index in [-0.39, 0.29) is 6.79 Å². The average Bonchev–Trinajstić information content (AvgIpc) is 2.72. The molecule has 0 atom stereocenters. The number of fused-ring (bicyclic) bond motifs is 2. The Balaban J connectivity index is 2.28. The number of rotatable bonds is 1. The fraction of sp³-hybridized carbons (Fsp3) is 0.100. The van der Waals surface area contributed by atoms with Crippen LogP contribution in [-0.4, -0.2) is 23.0 Å². The molecule has 0 aliphatic carbocycles. The zero-order valence-electron chi connectivity index (χ0n) is 7.64. The quantitative estimate of drug-likeness (QED) is 0.649. The van der Waals surface area contributed by atoms with Gasteiger partial charge in [0.05, 0.1) is 17.2 Å². The van der Waals surface area contributed by atoms with E-state index < -0.39 is 0 Å². The number of carbonyl (C=O) groups is 1. The van der Waals surface area contributed by atoms with Gasteiger partial charge in [-0.15, -0.1) is 0 Å². The minimum absolute atomic E-state index is 0.214. The maximum Gasteiger partial charge on any atom is 0.231 e. The van der Waals surface area contributed by atoms with Crippen molar-refractivity contribution in [3.05, 3.63) is 24.0 Å². The second-order valence-electron chi connectivity index (χ2n) is 3.11. The van der Waals surface area contributed by atoms with Crippen molar-refractivity contribution in [2.75, 3.05) is 6.79 Å². The normalized spacial score (nSPS) is 13.1. The summed E-state index contributed by atoms with van der Waals surface area (Å²) in [6.07, 6.45) is 2.09. The molecular weight excluding hydrogens is 196 g/mol. The van der Waals surface area contributed by atoms with Crippen molar-refractivity contribution in [2.45, 2.75) is 0 Å². The Bertz CT molecular complexity index is 554. The summed E-state index contributed by atoms with van der Waals surface area (Å²) < 4.78 is 10.4. The first-order valence-electron chi connectivity index (χ1n) is 4.38. The van der Waals surface area contributed by atoms with Crippen LogP contribution in [0.3, 0.4) is 0 Å². The highest BCUT2D eigenvalue weighted by Crippen LogP contribution is 2.34. The molecule has 74 valence electrons. The lowest BCUT2D eigenvalue weighted by atomic mass is 10.2. The standard InChI is InChI=1S/C10H6N2O3/c13-4-6-3-11-7-1-9-10(15-5-14-9)2-8(7)12-6/h1-4H,5H2. The summed E-state index contributed by atoms with van der Waals surface area (Å²) in [4.78, 5) is 18.7. The molecule has 1 aromatic heterocycles. The Labute approximate surface area is 84.7 Å². The van der Waals surface area contributed by atoms with Gasteiger partial charge in [0.1, 0.15) is 5.69 Å². The molecule has 0 amide bonds. The zero-order valence-corrected chi connectivity index (χ0v) is 7.64. The van der Waals surface area contributed by atoms with Gasteiger partial charge in [-0.1, -0.05) is 0 Å². The molecule has 1 aliphatic rings. The molecule has 0 saturated carbocycles. The lowest BCUT2D eigenvalue weighted by Gasteiger charge is -1.99. The lowest BCUT2D eigenvalue weighted by Crippen LogP contribution is -1.92. The summed E-state index contributed by atoms with van der Waals surface area (Å²) >= 11 is 0. The zero-order chi connectivity index (χ0) is 10.3. The Hall–Kier alpha value is -2.17. The summed E-state index contributed by atoms with van der Waals surface area (Å²) in [5, 5.41) is 0. The lowest BCUT2D eigenvalue weighted by molar-refractivity contribution is 0.111. The van der Waals surface area contributed by atoms with Crippen molar-refractivity contribution in [3.63, 3.8) is 0 Å². The smallest absolute Gasteiger partial charge is 0.231 e. The van der Waals surface area contributed by atoms with Crippen molar-refractivity contribution in [3.8, 4) is 11.5 Å². The molecule has 0 N–H and O–H groups in total. The van der Waals surface area contributed by atoms with E-state index in [0.717, 1.165) is 0 Å². The van der Waals surface area contributed by atoms with Crippen molar-refractivity contribution < 1.29 is 14.3 Å². The first-order chi connectivity index (χ1) is 7.36. The maximum atomic E-state index is 10.5. The fourth-order valence-electron chi connectivity index (χ4n) is 1.47. The van der Waals surface area contributed by atoms with Crippen molar-refractivity contribution >= 4 is 17.3 Å². The third-order valence-electron chi connectivity index (χ3n) is 2.18. The molecule has 0 fully saturated rings. The summed E-state index contributed by atoms with van der Waals surface area (Å²) in [7, 11) is 0. The van der Waals surface area contributed by atoms with Crippen LogP contribution in [0.1, 0.15) is 10.5 Å². The Morgan fingerprint density at radius 1 is 1.20 bits per heavy atom. The molecule has 2 heterocycles. The highest BCUT2D eigenvalue weighted by Gasteiger charge is 2.15. The Morgan fingerprint density at radius 3 is 2.67 bits per heavy atom. The molecule has 0 spiro atoms. The van der Waals surface area contributed by atoms with Gasteiger partial charge in [-0.3, -0.25) is 9.78 Å².